The molecule has 16 heavy (non-hydrogen) atoms. The minimum Gasteiger partial charge on any atom is -0.338 e. The lowest BCUT2D eigenvalue weighted by Gasteiger charge is -2.32. The van der Waals surface area contributed by atoms with Crippen molar-refractivity contribution in [3.8, 4) is 0 Å². The van der Waals surface area contributed by atoms with Gasteiger partial charge in [-0.05, 0) is 32.7 Å². The fourth-order valence-corrected chi connectivity index (χ4v) is 2.93. The monoisotopic (exact) mass is 224 g/mol. The predicted octanol–water partition coefficient (Wildman–Crippen LogP) is 1.78. The Morgan fingerprint density at radius 2 is 1.94 bits per heavy atom. The molecular formula is C13H24N2O. The van der Waals surface area contributed by atoms with Gasteiger partial charge in [0.1, 0.15) is 0 Å². The zero-order valence-corrected chi connectivity index (χ0v) is 10.4. The lowest BCUT2D eigenvalue weighted by molar-refractivity contribution is -0.138. The molecule has 2 aliphatic rings. The van der Waals surface area contributed by atoms with Gasteiger partial charge in [-0.3, -0.25) is 4.79 Å². The summed E-state index contributed by atoms with van der Waals surface area (Å²) in [6, 6.07) is 0.372. The predicted molar refractivity (Wildman–Crippen MR) is 65.2 cm³/mol. The minimum atomic E-state index is 0.328. The molecular weight excluding hydrogens is 200 g/mol. The van der Waals surface area contributed by atoms with E-state index in [1.54, 1.807) is 0 Å². The largest absolute Gasteiger partial charge is 0.338 e. The van der Waals surface area contributed by atoms with Crippen molar-refractivity contribution in [3.63, 3.8) is 0 Å². The van der Waals surface area contributed by atoms with Crippen LogP contribution in [0.3, 0.4) is 0 Å². The SMILES string of the molecule is CC1CNCCCN1C(=O)C1CCCCC1. The maximum atomic E-state index is 12.4. The van der Waals surface area contributed by atoms with Gasteiger partial charge in [0.15, 0.2) is 0 Å². The van der Waals surface area contributed by atoms with Crippen molar-refractivity contribution in [2.75, 3.05) is 19.6 Å². The number of nitrogens with zero attached hydrogens (tertiary/aromatic N) is 1. The normalized spacial score (nSPS) is 28.8. The Morgan fingerprint density at radius 1 is 1.19 bits per heavy atom. The van der Waals surface area contributed by atoms with Crippen LogP contribution < -0.4 is 5.32 Å². The van der Waals surface area contributed by atoms with Gasteiger partial charge in [-0.1, -0.05) is 19.3 Å². The van der Waals surface area contributed by atoms with Crippen LogP contribution in [0.5, 0.6) is 0 Å². The van der Waals surface area contributed by atoms with Gasteiger partial charge in [0.05, 0.1) is 0 Å². The van der Waals surface area contributed by atoms with Crippen molar-refractivity contribution in [3.05, 3.63) is 0 Å². The first-order valence-corrected chi connectivity index (χ1v) is 6.80. The highest BCUT2D eigenvalue weighted by molar-refractivity contribution is 5.79. The van der Waals surface area contributed by atoms with E-state index in [1.165, 1.54) is 19.3 Å². The Balaban J connectivity index is 1.95. The topological polar surface area (TPSA) is 32.3 Å². The number of carbonyl (C=O) groups is 1. The van der Waals surface area contributed by atoms with Gasteiger partial charge in [0.2, 0.25) is 5.91 Å². The second-order valence-corrected chi connectivity index (χ2v) is 5.27. The van der Waals surface area contributed by atoms with Gasteiger partial charge in [0, 0.05) is 25.0 Å². The highest BCUT2D eigenvalue weighted by atomic mass is 16.2. The molecule has 2 rings (SSSR count). The molecule has 1 saturated heterocycles. The summed E-state index contributed by atoms with van der Waals surface area (Å²) in [5.74, 6) is 0.755. The van der Waals surface area contributed by atoms with Crippen molar-refractivity contribution in [2.24, 2.45) is 5.92 Å². The first kappa shape index (κ1) is 11.9. The number of rotatable bonds is 1. The molecule has 1 atom stereocenters. The summed E-state index contributed by atoms with van der Waals surface area (Å²) in [4.78, 5) is 14.5. The molecule has 0 spiro atoms. The number of hydrogen-bond acceptors (Lipinski definition) is 2. The number of amides is 1. The van der Waals surface area contributed by atoms with E-state index in [2.05, 4.69) is 17.1 Å². The highest BCUT2D eigenvalue weighted by Gasteiger charge is 2.29. The van der Waals surface area contributed by atoms with Crippen LogP contribution in [0.15, 0.2) is 0 Å². The molecule has 1 saturated carbocycles. The maximum Gasteiger partial charge on any atom is 0.225 e. The van der Waals surface area contributed by atoms with Gasteiger partial charge < -0.3 is 10.2 Å². The van der Waals surface area contributed by atoms with E-state index >= 15 is 0 Å². The highest BCUT2D eigenvalue weighted by Crippen LogP contribution is 2.26. The summed E-state index contributed by atoms with van der Waals surface area (Å²) in [6.45, 7) is 5.12. The Kier molecular flexibility index (Phi) is 4.22. The van der Waals surface area contributed by atoms with E-state index in [9.17, 15) is 4.79 Å². The Hall–Kier alpha value is -0.570. The summed E-state index contributed by atoms with van der Waals surface area (Å²) in [5.41, 5.74) is 0. The fraction of sp³-hybridized carbons (Fsp3) is 0.923. The summed E-state index contributed by atoms with van der Waals surface area (Å²) in [7, 11) is 0. The number of nitrogens with one attached hydrogen (secondary N) is 1. The Morgan fingerprint density at radius 3 is 2.69 bits per heavy atom. The van der Waals surface area contributed by atoms with Crippen molar-refractivity contribution in [1.82, 2.24) is 10.2 Å². The zero-order chi connectivity index (χ0) is 11.4. The van der Waals surface area contributed by atoms with Gasteiger partial charge in [-0.15, -0.1) is 0 Å². The van der Waals surface area contributed by atoms with Crippen LogP contribution in [-0.2, 0) is 4.79 Å². The van der Waals surface area contributed by atoms with E-state index < -0.39 is 0 Å². The first-order valence-electron chi connectivity index (χ1n) is 6.80. The third-order valence-corrected chi connectivity index (χ3v) is 3.96. The molecule has 92 valence electrons. The molecule has 1 aliphatic carbocycles. The molecule has 1 heterocycles. The summed E-state index contributed by atoms with van der Waals surface area (Å²) in [5, 5.41) is 3.39. The van der Waals surface area contributed by atoms with Crippen molar-refractivity contribution < 1.29 is 4.79 Å². The van der Waals surface area contributed by atoms with Gasteiger partial charge >= 0.3 is 0 Å². The quantitative estimate of drug-likeness (QED) is 0.736. The van der Waals surface area contributed by atoms with Crippen LogP contribution in [0, 0.1) is 5.92 Å². The molecule has 0 radical (unpaired) electrons. The first-order chi connectivity index (χ1) is 7.79. The molecule has 3 heteroatoms. The molecule has 2 fully saturated rings. The fourth-order valence-electron chi connectivity index (χ4n) is 2.93. The molecule has 1 unspecified atom stereocenters. The lowest BCUT2D eigenvalue weighted by Crippen LogP contribution is -2.45. The van der Waals surface area contributed by atoms with Crippen LogP contribution in [0.1, 0.15) is 45.4 Å². The van der Waals surface area contributed by atoms with Gasteiger partial charge in [-0.25, -0.2) is 0 Å². The van der Waals surface area contributed by atoms with E-state index in [-0.39, 0.29) is 0 Å². The second-order valence-electron chi connectivity index (χ2n) is 5.27. The van der Waals surface area contributed by atoms with Gasteiger partial charge in [-0.2, -0.15) is 0 Å². The van der Waals surface area contributed by atoms with Crippen LogP contribution in [0.2, 0.25) is 0 Å². The standard InChI is InChI=1S/C13H24N2O/c1-11-10-14-8-5-9-15(11)13(16)12-6-3-2-4-7-12/h11-12,14H,2-10H2,1H3. The minimum absolute atomic E-state index is 0.328. The summed E-state index contributed by atoms with van der Waals surface area (Å²) in [6.07, 6.45) is 7.16. The summed E-state index contributed by atoms with van der Waals surface area (Å²) >= 11 is 0. The van der Waals surface area contributed by atoms with Crippen LogP contribution in [0.25, 0.3) is 0 Å². The molecule has 0 aromatic rings. The molecule has 1 N–H and O–H groups in total. The van der Waals surface area contributed by atoms with E-state index in [0.29, 0.717) is 17.9 Å². The average molecular weight is 224 g/mol. The maximum absolute atomic E-state index is 12.4. The van der Waals surface area contributed by atoms with Crippen LogP contribution in [0.4, 0.5) is 0 Å². The molecule has 0 aromatic carbocycles. The van der Waals surface area contributed by atoms with Crippen molar-refractivity contribution in [1.29, 1.82) is 0 Å². The smallest absolute Gasteiger partial charge is 0.225 e. The molecule has 0 bridgehead atoms. The zero-order valence-electron chi connectivity index (χ0n) is 10.4. The molecule has 1 aliphatic heterocycles. The van der Waals surface area contributed by atoms with Crippen molar-refractivity contribution in [2.45, 2.75) is 51.5 Å². The molecule has 3 nitrogen and oxygen atoms in total. The van der Waals surface area contributed by atoms with Crippen LogP contribution >= 0.6 is 0 Å². The van der Waals surface area contributed by atoms with Gasteiger partial charge in [0.25, 0.3) is 0 Å². The summed E-state index contributed by atoms with van der Waals surface area (Å²) < 4.78 is 0. The third-order valence-electron chi connectivity index (χ3n) is 3.96. The third kappa shape index (κ3) is 2.76. The van der Waals surface area contributed by atoms with E-state index in [0.717, 1.165) is 38.9 Å². The Bertz CT molecular complexity index is 236. The van der Waals surface area contributed by atoms with E-state index in [4.69, 9.17) is 0 Å². The molecule has 0 aromatic heterocycles. The van der Waals surface area contributed by atoms with Crippen LogP contribution in [-0.4, -0.2) is 36.5 Å². The second kappa shape index (κ2) is 5.67. The van der Waals surface area contributed by atoms with Crippen molar-refractivity contribution >= 4 is 5.91 Å². The number of hydrogen-bond donors (Lipinski definition) is 1. The Labute approximate surface area is 98.6 Å². The molecule has 1 amide bonds. The number of carbonyl (C=O) groups excluding carboxylic acids is 1. The lowest BCUT2D eigenvalue weighted by atomic mass is 9.88. The van der Waals surface area contributed by atoms with E-state index in [1.807, 2.05) is 0 Å². The average Bonchev–Trinajstić information content (AvgIpc) is 2.54.